The lowest BCUT2D eigenvalue weighted by Gasteiger charge is -2.25. The number of nitrogens with one attached hydrogen (secondary N) is 1. The molecule has 0 saturated carbocycles. The first-order valence-corrected chi connectivity index (χ1v) is 9.95. The molecule has 0 fully saturated rings. The van der Waals surface area contributed by atoms with Crippen molar-refractivity contribution in [2.24, 2.45) is 0 Å². The van der Waals surface area contributed by atoms with Gasteiger partial charge in [-0.3, -0.25) is 4.79 Å². The highest BCUT2D eigenvalue weighted by atomic mass is 19.4. The van der Waals surface area contributed by atoms with Crippen LogP contribution in [0.5, 0.6) is 6.01 Å². The van der Waals surface area contributed by atoms with Crippen molar-refractivity contribution < 1.29 is 32.5 Å². The standard InChI is InChI=1S/C21H26F3N3O4/c1-4-13(10-18(28)29)14-7-8-16(19(30-5-2)21(22,23)24)17(9-14)27-15-11-25-20(26-12-15)31-6-3/h7-9,11-13,19,27H,4-6,10H2,1-3H3,(H,28,29). The van der Waals surface area contributed by atoms with Crippen molar-refractivity contribution in [2.75, 3.05) is 18.5 Å². The number of halogens is 3. The summed E-state index contributed by atoms with van der Waals surface area (Å²) >= 11 is 0. The Morgan fingerprint density at radius 3 is 2.35 bits per heavy atom. The Kier molecular flexibility index (Phi) is 8.61. The summed E-state index contributed by atoms with van der Waals surface area (Å²) in [5, 5.41) is 12.1. The zero-order valence-corrected chi connectivity index (χ0v) is 17.6. The number of carboxylic acid groups (broad SMARTS) is 1. The number of anilines is 2. The van der Waals surface area contributed by atoms with Gasteiger partial charge in [-0.05, 0) is 37.8 Å². The van der Waals surface area contributed by atoms with E-state index >= 15 is 0 Å². The average Bonchev–Trinajstić information content (AvgIpc) is 2.71. The topological polar surface area (TPSA) is 93.6 Å². The summed E-state index contributed by atoms with van der Waals surface area (Å²) in [6.45, 7) is 5.34. The quantitative estimate of drug-likeness (QED) is 0.493. The van der Waals surface area contributed by atoms with Crippen LogP contribution in [0.4, 0.5) is 24.5 Å². The first-order valence-electron chi connectivity index (χ1n) is 9.95. The molecule has 31 heavy (non-hydrogen) atoms. The fourth-order valence-electron chi connectivity index (χ4n) is 3.14. The largest absolute Gasteiger partial charge is 0.481 e. The van der Waals surface area contributed by atoms with E-state index in [1.165, 1.54) is 37.5 Å². The van der Waals surface area contributed by atoms with Gasteiger partial charge in [0.2, 0.25) is 0 Å². The van der Waals surface area contributed by atoms with Gasteiger partial charge in [-0.25, -0.2) is 9.97 Å². The molecule has 2 aromatic rings. The lowest BCUT2D eigenvalue weighted by Crippen LogP contribution is -2.24. The van der Waals surface area contributed by atoms with Gasteiger partial charge in [-0.1, -0.05) is 19.1 Å². The second-order valence-corrected chi connectivity index (χ2v) is 6.74. The van der Waals surface area contributed by atoms with Crippen molar-refractivity contribution in [1.29, 1.82) is 0 Å². The predicted molar refractivity (Wildman–Crippen MR) is 109 cm³/mol. The SMILES string of the molecule is CCOc1ncc(Nc2cc(C(CC)CC(=O)O)ccc2C(OCC)C(F)(F)F)cn1. The van der Waals surface area contributed by atoms with E-state index in [4.69, 9.17) is 14.6 Å². The van der Waals surface area contributed by atoms with Gasteiger partial charge < -0.3 is 19.9 Å². The molecule has 7 nitrogen and oxygen atoms in total. The summed E-state index contributed by atoms with van der Waals surface area (Å²) in [5.41, 5.74) is 0.994. The van der Waals surface area contributed by atoms with Crippen molar-refractivity contribution in [1.82, 2.24) is 9.97 Å². The minimum absolute atomic E-state index is 0.114. The second kappa shape index (κ2) is 10.9. The number of ether oxygens (including phenoxy) is 2. The number of carbonyl (C=O) groups is 1. The zero-order chi connectivity index (χ0) is 23.0. The van der Waals surface area contributed by atoms with Crippen LogP contribution in [0.15, 0.2) is 30.6 Å². The Morgan fingerprint density at radius 1 is 1.16 bits per heavy atom. The fourth-order valence-corrected chi connectivity index (χ4v) is 3.14. The van der Waals surface area contributed by atoms with Gasteiger partial charge in [0.25, 0.3) is 0 Å². The second-order valence-electron chi connectivity index (χ2n) is 6.74. The number of nitrogens with zero attached hydrogens (tertiary/aromatic N) is 2. The van der Waals surface area contributed by atoms with Crippen molar-refractivity contribution >= 4 is 17.3 Å². The van der Waals surface area contributed by atoms with Crippen LogP contribution in [0.25, 0.3) is 0 Å². The smallest absolute Gasteiger partial charge is 0.418 e. The van der Waals surface area contributed by atoms with E-state index in [1.54, 1.807) is 6.92 Å². The molecule has 0 bridgehead atoms. The zero-order valence-electron chi connectivity index (χ0n) is 17.6. The van der Waals surface area contributed by atoms with E-state index in [2.05, 4.69) is 15.3 Å². The molecule has 2 unspecified atom stereocenters. The summed E-state index contributed by atoms with van der Waals surface area (Å²) in [5.74, 6) is -1.33. The molecule has 0 amide bonds. The Labute approximate surface area is 178 Å². The predicted octanol–water partition coefficient (Wildman–Crippen LogP) is 5.23. The monoisotopic (exact) mass is 441 g/mol. The minimum Gasteiger partial charge on any atom is -0.481 e. The van der Waals surface area contributed by atoms with E-state index in [-0.39, 0.29) is 36.2 Å². The van der Waals surface area contributed by atoms with Crippen LogP contribution in [-0.4, -0.2) is 40.4 Å². The van der Waals surface area contributed by atoms with Crippen LogP contribution >= 0.6 is 0 Å². The Morgan fingerprint density at radius 2 is 1.84 bits per heavy atom. The number of hydrogen-bond donors (Lipinski definition) is 2. The van der Waals surface area contributed by atoms with Crippen LogP contribution in [0.2, 0.25) is 0 Å². The molecule has 0 aliphatic carbocycles. The third-order valence-electron chi connectivity index (χ3n) is 4.56. The maximum absolute atomic E-state index is 13.7. The Hall–Kier alpha value is -2.88. The van der Waals surface area contributed by atoms with Gasteiger partial charge in [-0.2, -0.15) is 13.2 Å². The number of aromatic nitrogens is 2. The molecular formula is C21H26F3N3O4. The minimum atomic E-state index is -4.63. The van der Waals surface area contributed by atoms with Crippen LogP contribution in [0.3, 0.4) is 0 Å². The van der Waals surface area contributed by atoms with E-state index < -0.39 is 18.2 Å². The first-order chi connectivity index (χ1) is 14.7. The molecule has 0 saturated heterocycles. The van der Waals surface area contributed by atoms with Crippen molar-refractivity contribution in [2.45, 2.75) is 51.8 Å². The van der Waals surface area contributed by atoms with Gasteiger partial charge in [0.15, 0.2) is 6.10 Å². The molecule has 0 aliphatic rings. The highest BCUT2D eigenvalue weighted by Crippen LogP contribution is 2.41. The van der Waals surface area contributed by atoms with E-state index in [1.807, 2.05) is 6.92 Å². The van der Waals surface area contributed by atoms with E-state index in [9.17, 15) is 18.0 Å². The van der Waals surface area contributed by atoms with Crippen LogP contribution < -0.4 is 10.1 Å². The molecule has 0 spiro atoms. The van der Waals surface area contributed by atoms with Crippen molar-refractivity contribution in [3.05, 3.63) is 41.7 Å². The van der Waals surface area contributed by atoms with Crippen LogP contribution in [0, 0.1) is 0 Å². The lowest BCUT2D eigenvalue weighted by molar-refractivity contribution is -0.222. The molecule has 10 heteroatoms. The van der Waals surface area contributed by atoms with E-state index in [0.29, 0.717) is 24.3 Å². The van der Waals surface area contributed by atoms with Gasteiger partial charge in [0.05, 0.1) is 31.1 Å². The summed E-state index contributed by atoms with van der Waals surface area (Å²) in [6.07, 6.45) is -3.59. The molecule has 2 rings (SSSR count). The highest BCUT2D eigenvalue weighted by molar-refractivity contribution is 5.69. The number of alkyl halides is 3. The number of carboxylic acids is 1. The average molecular weight is 441 g/mol. The Balaban J connectivity index is 2.49. The van der Waals surface area contributed by atoms with Gasteiger partial charge >= 0.3 is 18.2 Å². The van der Waals surface area contributed by atoms with Crippen LogP contribution in [-0.2, 0) is 9.53 Å². The van der Waals surface area contributed by atoms with Crippen molar-refractivity contribution in [3.8, 4) is 6.01 Å². The summed E-state index contributed by atoms with van der Waals surface area (Å²) in [4.78, 5) is 19.2. The summed E-state index contributed by atoms with van der Waals surface area (Å²) in [6, 6.07) is 4.52. The van der Waals surface area contributed by atoms with Crippen LogP contribution in [0.1, 0.15) is 56.8 Å². The molecule has 170 valence electrons. The van der Waals surface area contributed by atoms with Gasteiger partial charge in [-0.15, -0.1) is 0 Å². The maximum atomic E-state index is 13.7. The third-order valence-corrected chi connectivity index (χ3v) is 4.56. The molecule has 2 atom stereocenters. The number of rotatable bonds is 11. The molecule has 0 radical (unpaired) electrons. The summed E-state index contributed by atoms with van der Waals surface area (Å²) in [7, 11) is 0. The lowest BCUT2D eigenvalue weighted by atomic mass is 9.91. The number of benzene rings is 1. The first kappa shape index (κ1) is 24.4. The van der Waals surface area contributed by atoms with E-state index in [0.717, 1.165) is 0 Å². The molecule has 0 aliphatic heterocycles. The summed E-state index contributed by atoms with van der Waals surface area (Å²) < 4.78 is 51.2. The molecule has 1 aromatic carbocycles. The number of aliphatic carboxylic acids is 1. The normalized spacial score (nSPS) is 13.5. The molecule has 1 aromatic heterocycles. The Bertz CT molecular complexity index is 860. The highest BCUT2D eigenvalue weighted by Gasteiger charge is 2.43. The van der Waals surface area contributed by atoms with Crippen molar-refractivity contribution in [3.63, 3.8) is 0 Å². The van der Waals surface area contributed by atoms with Gasteiger partial charge in [0.1, 0.15) is 0 Å². The maximum Gasteiger partial charge on any atom is 0.418 e. The fraction of sp³-hybridized carbons (Fsp3) is 0.476. The molecular weight excluding hydrogens is 415 g/mol. The van der Waals surface area contributed by atoms with Gasteiger partial charge in [0, 0.05) is 17.9 Å². The third kappa shape index (κ3) is 6.81. The molecule has 2 N–H and O–H groups in total. The number of hydrogen-bond acceptors (Lipinski definition) is 6. The molecule has 1 heterocycles.